The molecule has 0 radical (unpaired) electrons. The number of rotatable bonds is 1. The second-order valence-electron chi connectivity index (χ2n) is 2.76. The van der Waals surface area contributed by atoms with Gasteiger partial charge in [-0.3, -0.25) is 14.9 Å². The summed E-state index contributed by atoms with van der Waals surface area (Å²) < 4.78 is 0. The summed E-state index contributed by atoms with van der Waals surface area (Å²) in [7, 11) is 0. The average Bonchev–Trinajstić information content (AvgIpc) is 2.43. The predicted octanol–water partition coefficient (Wildman–Crippen LogP) is 1.31. The standard InChI is InChI=1S/C9H6ClNO2/c10-4-5-2-1-3-6-7(5)9(13)11-8(6)12/h1-3H,4H2,(H,11,12,13). The monoisotopic (exact) mass is 195 g/mol. The van der Waals surface area contributed by atoms with E-state index >= 15 is 0 Å². The van der Waals surface area contributed by atoms with E-state index in [1.165, 1.54) is 0 Å². The zero-order chi connectivity index (χ0) is 9.42. The second-order valence-corrected chi connectivity index (χ2v) is 3.02. The number of carbonyl (C=O) groups excluding carboxylic acids is 2. The number of imide groups is 1. The summed E-state index contributed by atoms with van der Waals surface area (Å²) in [6, 6.07) is 5.07. The van der Waals surface area contributed by atoms with Gasteiger partial charge in [0.05, 0.1) is 11.1 Å². The van der Waals surface area contributed by atoms with E-state index in [9.17, 15) is 9.59 Å². The van der Waals surface area contributed by atoms with Crippen LogP contribution < -0.4 is 5.32 Å². The van der Waals surface area contributed by atoms with Crippen molar-refractivity contribution in [3.63, 3.8) is 0 Å². The Morgan fingerprint density at radius 2 is 2.00 bits per heavy atom. The van der Waals surface area contributed by atoms with Crippen LogP contribution in [-0.4, -0.2) is 11.8 Å². The van der Waals surface area contributed by atoms with Gasteiger partial charge in [-0.15, -0.1) is 11.6 Å². The lowest BCUT2D eigenvalue weighted by Crippen LogP contribution is -2.20. The average molecular weight is 196 g/mol. The first-order chi connectivity index (χ1) is 6.24. The summed E-state index contributed by atoms with van der Waals surface area (Å²) in [4.78, 5) is 22.4. The van der Waals surface area contributed by atoms with Crippen molar-refractivity contribution >= 4 is 23.4 Å². The van der Waals surface area contributed by atoms with E-state index in [4.69, 9.17) is 11.6 Å². The predicted molar refractivity (Wildman–Crippen MR) is 47.8 cm³/mol. The van der Waals surface area contributed by atoms with Gasteiger partial charge in [-0.05, 0) is 11.6 Å². The van der Waals surface area contributed by atoms with Crippen molar-refractivity contribution in [3.8, 4) is 0 Å². The molecule has 0 saturated heterocycles. The molecule has 0 aromatic heterocycles. The van der Waals surface area contributed by atoms with Gasteiger partial charge in [-0.1, -0.05) is 12.1 Å². The highest BCUT2D eigenvalue weighted by atomic mass is 35.5. The Labute approximate surface area is 79.7 Å². The Morgan fingerprint density at radius 1 is 1.23 bits per heavy atom. The molecule has 1 aliphatic heterocycles. The Balaban J connectivity index is 2.69. The lowest BCUT2D eigenvalue weighted by atomic mass is 10.0. The van der Waals surface area contributed by atoms with Crippen molar-refractivity contribution < 1.29 is 9.59 Å². The molecule has 66 valence electrons. The van der Waals surface area contributed by atoms with Gasteiger partial charge in [-0.2, -0.15) is 0 Å². The number of hydrogen-bond donors (Lipinski definition) is 1. The molecular formula is C9H6ClNO2. The third-order valence-electron chi connectivity index (χ3n) is 1.99. The van der Waals surface area contributed by atoms with Gasteiger partial charge in [-0.25, -0.2) is 0 Å². The van der Waals surface area contributed by atoms with Crippen LogP contribution in [0.4, 0.5) is 0 Å². The highest BCUT2D eigenvalue weighted by Crippen LogP contribution is 2.20. The van der Waals surface area contributed by atoms with Gasteiger partial charge < -0.3 is 0 Å². The van der Waals surface area contributed by atoms with Crippen LogP contribution >= 0.6 is 11.6 Å². The molecule has 0 unspecified atom stereocenters. The normalized spacial score (nSPS) is 14.2. The molecule has 0 atom stereocenters. The molecule has 0 bridgehead atoms. The van der Waals surface area contributed by atoms with Crippen molar-refractivity contribution in [3.05, 3.63) is 34.9 Å². The number of halogens is 1. The molecule has 1 N–H and O–H groups in total. The summed E-state index contributed by atoms with van der Waals surface area (Å²) in [5, 5.41) is 2.22. The first kappa shape index (κ1) is 8.26. The van der Waals surface area contributed by atoms with E-state index < -0.39 is 0 Å². The molecule has 2 amide bonds. The molecule has 3 nitrogen and oxygen atoms in total. The Morgan fingerprint density at radius 3 is 2.69 bits per heavy atom. The molecule has 1 aliphatic rings. The molecule has 1 aromatic carbocycles. The number of alkyl halides is 1. The fraction of sp³-hybridized carbons (Fsp3) is 0.111. The van der Waals surface area contributed by atoms with Crippen LogP contribution in [0.5, 0.6) is 0 Å². The minimum absolute atomic E-state index is 0.240. The minimum Gasteiger partial charge on any atom is -0.288 e. The van der Waals surface area contributed by atoms with E-state index in [0.717, 1.165) is 0 Å². The van der Waals surface area contributed by atoms with Crippen molar-refractivity contribution in [2.75, 3.05) is 0 Å². The topological polar surface area (TPSA) is 46.2 Å². The highest BCUT2D eigenvalue weighted by Gasteiger charge is 2.28. The summed E-state index contributed by atoms with van der Waals surface area (Å²) in [5.41, 5.74) is 1.54. The van der Waals surface area contributed by atoms with Crippen molar-refractivity contribution in [2.24, 2.45) is 0 Å². The fourth-order valence-electron chi connectivity index (χ4n) is 1.40. The molecule has 4 heteroatoms. The first-order valence-electron chi connectivity index (χ1n) is 3.77. The van der Waals surface area contributed by atoms with Gasteiger partial charge in [0, 0.05) is 5.88 Å². The van der Waals surface area contributed by atoms with E-state index in [1.807, 2.05) is 0 Å². The van der Waals surface area contributed by atoms with Gasteiger partial charge >= 0.3 is 0 Å². The number of amides is 2. The van der Waals surface area contributed by atoms with Gasteiger partial charge in [0.2, 0.25) is 0 Å². The summed E-state index contributed by atoms with van der Waals surface area (Å²) in [5.74, 6) is -0.452. The molecule has 1 heterocycles. The molecule has 1 aromatic rings. The van der Waals surface area contributed by atoms with Crippen LogP contribution in [-0.2, 0) is 5.88 Å². The maximum Gasteiger partial charge on any atom is 0.259 e. The highest BCUT2D eigenvalue weighted by molar-refractivity contribution is 6.24. The zero-order valence-corrected chi connectivity index (χ0v) is 7.39. The second kappa shape index (κ2) is 2.85. The maximum absolute atomic E-state index is 11.3. The van der Waals surface area contributed by atoms with Crippen LogP contribution in [0.2, 0.25) is 0 Å². The lowest BCUT2D eigenvalue weighted by Gasteiger charge is -1.99. The zero-order valence-electron chi connectivity index (χ0n) is 6.63. The molecular weight excluding hydrogens is 190 g/mol. The summed E-state index contributed by atoms with van der Waals surface area (Å²) in [6.07, 6.45) is 0. The third kappa shape index (κ3) is 1.12. The molecule has 0 spiro atoms. The van der Waals surface area contributed by atoms with Gasteiger partial charge in [0.25, 0.3) is 11.8 Å². The Kier molecular flexibility index (Phi) is 1.81. The summed E-state index contributed by atoms with van der Waals surface area (Å²) in [6.45, 7) is 0. The van der Waals surface area contributed by atoms with Crippen LogP contribution in [0.3, 0.4) is 0 Å². The smallest absolute Gasteiger partial charge is 0.259 e. The van der Waals surface area contributed by atoms with Crippen molar-refractivity contribution in [1.82, 2.24) is 5.32 Å². The number of carbonyl (C=O) groups is 2. The molecule has 0 aliphatic carbocycles. The minimum atomic E-state index is -0.351. The fourth-order valence-corrected chi connectivity index (χ4v) is 1.62. The van der Waals surface area contributed by atoms with Gasteiger partial charge in [0.15, 0.2) is 0 Å². The van der Waals surface area contributed by atoms with Crippen molar-refractivity contribution in [1.29, 1.82) is 0 Å². The largest absolute Gasteiger partial charge is 0.288 e. The first-order valence-corrected chi connectivity index (χ1v) is 4.31. The van der Waals surface area contributed by atoms with E-state index in [0.29, 0.717) is 16.7 Å². The van der Waals surface area contributed by atoms with E-state index in [2.05, 4.69) is 5.32 Å². The SMILES string of the molecule is O=C1NC(=O)c2c(CCl)cccc21. The van der Waals surface area contributed by atoms with E-state index in [-0.39, 0.29) is 17.7 Å². The molecule has 2 rings (SSSR count). The molecule has 13 heavy (non-hydrogen) atoms. The van der Waals surface area contributed by atoms with E-state index in [1.54, 1.807) is 18.2 Å². The lowest BCUT2D eigenvalue weighted by molar-refractivity contribution is 0.0879. The van der Waals surface area contributed by atoms with Crippen LogP contribution in [0.25, 0.3) is 0 Å². The molecule has 0 fully saturated rings. The van der Waals surface area contributed by atoms with Crippen LogP contribution in [0, 0.1) is 0 Å². The Hall–Kier alpha value is -1.35. The number of hydrogen-bond acceptors (Lipinski definition) is 2. The number of nitrogens with one attached hydrogen (secondary N) is 1. The number of fused-ring (bicyclic) bond motifs is 1. The Bertz CT molecular complexity index is 401. The van der Waals surface area contributed by atoms with Crippen LogP contribution in [0.15, 0.2) is 18.2 Å². The van der Waals surface area contributed by atoms with Crippen LogP contribution in [0.1, 0.15) is 26.3 Å². The quantitative estimate of drug-likeness (QED) is 0.543. The molecule has 0 saturated carbocycles. The van der Waals surface area contributed by atoms with Crippen molar-refractivity contribution in [2.45, 2.75) is 5.88 Å². The maximum atomic E-state index is 11.3. The van der Waals surface area contributed by atoms with Gasteiger partial charge in [0.1, 0.15) is 0 Å². The summed E-state index contributed by atoms with van der Waals surface area (Å²) >= 11 is 5.63. The number of benzene rings is 1. The third-order valence-corrected chi connectivity index (χ3v) is 2.28.